The Morgan fingerprint density at radius 3 is 2.67 bits per heavy atom. The van der Waals surface area contributed by atoms with Crippen LogP contribution in [0.5, 0.6) is 0 Å². The number of hydrogen-bond donors (Lipinski definition) is 2. The highest BCUT2D eigenvalue weighted by Crippen LogP contribution is 2.32. The Hall–Kier alpha value is -1.85. The van der Waals surface area contributed by atoms with E-state index in [1.165, 1.54) is 12.3 Å². The molecule has 2 rings (SSSR count). The van der Waals surface area contributed by atoms with Crippen LogP contribution in [0.3, 0.4) is 0 Å². The zero-order valence-corrected chi connectivity index (χ0v) is 7.90. The zero-order chi connectivity index (χ0) is 10.9. The topological polar surface area (TPSA) is 92.4 Å². The molecule has 1 saturated carbocycles. The Morgan fingerprint density at radius 2 is 2.27 bits per heavy atom. The van der Waals surface area contributed by atoms with Crippen LogP contribution in [0.1, 0.15) is 29.8 Å². The van der Waals surface area contributed by atoms with Gasteiger partial charge in [0.25, 0.3) is 5.91 Å². The van der Waals surface area contributed by atoms with Gasteiger partial charge in [0.15, 0.2) is 5.69 Å². The summed E-state index contributed by atoms with van der Waals surface area (Å²) in [5.41, 5.74) is -1.00. The Bertz CT molecular complexity index is 381. The van der Waals surface area contributed by atoms with Gasteiger partial charge in [-0.15, -0.1) is 0 Å². The van der Waals surface area contributed by atoms with Crippen molar-refractivity contribution in [1.29, 1.82) is 0 Å². The summed E-state index contributed by atoms with van der Waals surface area (Å²) in [7, 11) is 0. The molecule has 0 radical (unpaired) electrons. The van der Waals surface area contributed by atoms with Crippen LogP contribution in [0.15, 0.2) is 16.9 Å². The maximum atomic E-state index is 11.5. The molecule has 0 unspecified atom stereocenters. The van der Waals surface area contributed by atoms with E-state index in [0.717, 1.165) is 6.42 Å². The smallest absolute Gasteiger partial charge is 0.329 e. The van der Waals surface area contributed by atoms with Gasteiger partial charge in [0, 0.05) is 6.07 Å². The average Bonchev–Trinajstić information content (AvgIpc) is 2.62. The van der Waals surface area contributed by atoms with E-state index in [4.69, 9.17) is 5.11 Å². The van der Waals surface area contributed by atoms with Crippen LogP contribution < -0.4 is 5.32 Å². The monoisotopic (exact) mass is 210 g/mol. The van der Waals surface area contributed by atoms with Crippen molar-refractivity contribution < 1.29 is 19.2 Å². The predicted octanol–water partition coefficient (Wildman–Crippen LogP) is 0.412. The molecule has 0 atom stereocenters. The standard InChI is InChI=1S/C9H10N2O4/c12-7(6-2-5-15-11-6)10-9(8(13)14)3-1-4-9/h2,5H,1,3-4H2,(H,10,12)(H,13,14). The van der Waals surface area contributed by atoms with E-state index in [2.05, 4.69) is 15.0 Å². The van der Waals surface area contributed by atoms with Crippen molar-refractivity contribution in [2.75, 3.05) is 0 Å². The third kappa shape index (κ3) is 1.58. The Kier molecular flexibility index (Phi) is 2.18. The summed E-state index contributed by atoms with van der Waals surface area (Å²) in [6.45, 7) is 0. The van der Waals surface area contributed by atoms with Gasteiger partial charge < -0.3 is 14.9 Å². The summed E-state index contributed by atoms with van der Waals surface area (Å²) in [6, 6.07) is 1.39. The number of nitrogens with zero attached hydrogens (tertiary/aromatic N) is 1. The fraction of sp³-hybridized carbons (Fsp3) is 0.444. The van der Waals surface area contributed by atoms with E-state index >= 15 is 0 Å². The van der Waals surface area contributed by atoms with Gasteiger partial charge in [-0.1, -0.05) is 5.16 Å². The van der Waals surface area contributed by atoms with Crippen LogP contribution in [-0.2, 0) is 4.79 Å². The number of aliphatic carboxylic acids is 1. The first kappa shape index (κ1) is 9.70. The van der Waals surface area contributed by atoms with Gasteiger partial charge in [0.1, 0.15) is 11.8 Å². The number of aromatic nitrogens is 1. The lowest BCUT2D eigenvalue weighted by molar-refractivity contribution is -0.148. The predicted molar refractivity (Wildman–Crippen MR) is 48.2 cm³/mol. The molecule has 0 bridgehead atoms. The van der Waals surface area contributed by atoms with Crippen molar-refractivity contribution >= 4 is 11.9 Å². The number of hydrogen-bond acceptors (Lipinski definition) is 4. The average molecular weight is 210 g/mol. The summed E-state index contributed by atoms with van der Waals surface area (Å²) < 4.78 is 4.50. The Balaban J connectivity index is 2.08. The highest BCUT2D eigenvalue weighted by Gasteiger charge is 2.46. The maximum Gasteiger partial charge on any atom is 0.329 e. The molecule has 1 fully saturated rings. The molecule has 6 heteroatoms. The molecule has 0 spiro atoms. The lowest BCUT2D eigenvalue weighted by Crippen LogP contribution is -2.59. The lowest BCUT2D eigenvalue weighted by Gasteiger charge is -2.37. The molecular formula is C9H10N2O4. The minimum atomic E-state index is -1.10. The highest BCUT2D eigenvalue weighted by molar-refractivity contribution is 5.96. The van der Waals surface area contributed by atoms with Crippen molar-refractivity contribution in [3.8, 4) is 0 Å². The number of carboxylic acid groups (broad SMARTS) is 1. The molecule has 0 saturated heterocycles. The van der Waals surface area contributed by atoms with E-state index in [-0.39, 0.29) is 5.69 Å². The summed E-state index contributed by atoms with van der Waals surface area (Å²) in [4.78, 5) is 22.5. The minimum Gasteiger partial charge on any atom is -0.480 e. The van der Waals surface area contributed by atoms with Gasteiger partial charge in [0.05, 0.1) is 0 Å². The van der Waals surface area contributed by atoms with Crippen LogP contribution in [-0.4, -0.2) is 27.7 Å². The second kappa shape index (κ2) is 3.38. The second-order valence-electron chi connectivity index (χ2n) is 3.58. The number of carbonyl (C=O) groups is 2. The van der Waals surface area contributed by atoms with Crippen molar-refractivity contribution in [2.45, 2.75) is 24.8 Å². The van der Waals surface area contributed by atoms with Crippen molar-refractivity contribution in [3.63, 3.8) is 0 Å². The molecule has 1 aliphatic rings. The molecule has 0 aliphatic heterocycles. The fourth-order valence-electron chi connectivity index (χ4n) is 1.53. The first-order valence-electron chi connectivity index (χ1n) is 4.60. The van der Waals surface area contributed by atoms with Crippen LogP contribution in [0.25, 0.3) is 0 Å². The highest BCUT2D eigenvalue weighted by atomic mass is 16.5. The molecule has 0 aromatic carbocycles. The normalized spacial score (nSPS) is 17.9. The fourth-order valence-corrected chi connectivity index (χ4v) is 1.53. The van der Waals surface area contributed by atoms with Gasteiger partial charge >= 0.3 is 5.97 Å². The molecule has 2 N–H and O–H groups in total. The molecule has 1 aliphatic carbocycles. The molecule has 80 valence electrons. The molecule has 1 aromatic rings. The largest absolute Gasteiger partial charge is 0.480 e. The lowest BCUT2D eigenvalue weighted by atomic mass is 9.76. The molecule has 1 aromatic heterocycles. The van der Waals surface area contributed by atoms with Gasteiger partial charge in [-0.05, 0) is 19.3 Å². The summed E-state index contributed by atoms with van der Waals surface area (Å²) in [5, 5.41) is 14.9. The first-order valence-corrected chi connectivity index (χ1v) is 4.60. The minimum absolute atomic E-state index is 0.0996. The number of rotatable bonds is 3. The summed E-state index contributed by atoms with van der Waals surface area (Å²) in [5.74, 6) is -1.50. The molecule has 1 amide bonds. The Morgan fingerprint density at radius 1 is 1.53 bits per heavy atom. The molecular weight excluding hydrogens is 200 g/mol. The number of carboxylic acids is 1. The molecule has 15 heavy (non-hydrogen) atoms. The van der Waals surface area contributed by atoms with E-state index in [1.807, 2.05) is 0 Å². The van der Waals surface area contributed by atoms with Crippen molar-refractivity contribution in [2.24, 2.45) is 0 Å². The molecule has 1 heterocycles. The number of nitrogens with one attached hydrogen (secondary N) is 1. The summed E-state index contributed by atoms with van der Waals surface area (Å²) >= 11 is 0. The summed E-state index contributed by atoms with van der Waals surface area (Å²) in [6.07, 6.45) is 3.01. The third-order valence-electron chi connectivity index (χ3n) is 2.64. The molecule has 6 nitrogen and oxygen atoms in total. The van der Waals surface area contributed by atoms with Crippen LogP contribution in [0, 0.1) is 0 Å². The van der Waals surface area contributed by atoms with E-state index < -0.39 is 17.4 Å². The van der Waals surface area contributed by atoms with Gasteiger partial charge in [-0.3, -0.25) is 4.79 Å². The van der Waals surface area contributed by atoms with Crippen molar-refractivity contribution in [1.82, 2.24) is 10.5 Å². The maximum absolute atomic E-state index is 11.5. The third-order valence-corrected chi connectivity index (χ3v) is 2.64. The number of carbonyl (C=O) groups excluding carboxylic acids is 1. The number of amides is 1. The first-order chi connectivity index (χ1) is 7.14. The quantitative estimate of drug-likeness (QED) is 0.753. The van der Waals surface area contributed by atoms with E-state index in [1.54, 1.807) is 0 Å². The van der Waals surface area contributed by atoms with E-state index in [0.29, 0.717) is 12.8 Å². The SMILES string of the molecule is O=C(NC1(C(=O)O)CCC1)c1ccon1. The van der Waals surface area contributed by atoms with Gasteiger partial charge in [0.2, 0.25) is 0 Å². The van der Waals surface area contributed by atoms with Gasteiger partial charge in [-0.2, -0.15) is 0 Å². The van der Waals surface area contributed by atoms with Crippen LogP contribution >= 0.6 is 0 Å². The van der Waals surface area contributed by atoms with E-state index in [9.17, 15) is 9.59 Å². The Labute approximate surface area is 85.2 Å². The van der Waals surface area contributed by atoms with Gasteiger partial charge in [-0.25, -0.2) is 4.79 Å². The zero-order valence-electron chi connectivity index (χ0n) is 7.90. The van der Waals surface area contributed by atoms with Crippen LogP contribution in [0.2, 0.25) is 0 Å². The second-order valence-corrected chi connectivity index (χ2v) is 3.58. The van der Waals surface area contributed by atoms with Crippen LogP contribution in [0.4, 0.5) is 0 Å². The van der Waals surface area contributed by atoms with Crippen molar-refractivity contribution in [3.05, 3.63) is 18.0 Å².